The maximum absolute atomic E-state index is 12.8. The van der Waals surface area contributed by atoms with E-state index in [1.165, 1.54) is 95.3 Å². The summed E-state index contributed by atoms with van der Waals surface area (Å²) in [7, 11) is 1.37. The van der Waals surface area contributed by atoms with Gasteiger partial charge >= 0.3 is 17.8 Å². The lowest BCUT2D eigenvalue weighted by atomic mass is 10.0. The van der Waals surface area contributed by atoms with Crippen LogP contribution >= 0.6 is 0 Å². The van der Waals surface area contributed by atoms with Gasteiger partial charge in [-0.15, -0.1) is 15.0 Å². The van der Waals surface area contributed by atoms with Gasteiger partial charge in [0, 0.05) is 13.6 Å². The molecule has 1 heterocycles. The number of phenols is 1. The molecule has 0 aliphatic heterocycles. The Kier molecular flexibility index (Phi) is 15.8. The lowest BCUT2D eigenvalue weighted by molar-refractivity contribution is -0.137. The van der Waals surface area contributed by atoms with Crippen LogP contribution in [0.1, 0.15) is 115 Å². The van der Waals surface area contributed by atoms with E-state index in [-0.39, 0.29) is 17.1 Å². The number of carbonyl (C=O) groups excluding carboxylic acids is 3. The molecule has 0 spiro atoms. The number of hydrogen-bond acceptors (Lipinski definition) is 6. The summed E-state index contributed by atoms with van der Waals surface area (Å²) in [6.07, 6.45) is 20.5. The SMILES string of the molecule is CCCCCCCCCCCCCCCCCCNC(=O)NNC(=O)C(=O)N(C)c1cc(C)cc(-n2nc3ccccc3n2)c1O. The average molecular weight is 636 g/mol. The van der Waals surface area contributed by atoms with Crippen molar-refractivity contribution in [2.24, 2.45) is 0 Å². The smallest absolute Gasteiger partial charge is 0.333 e. The van der Waals surface area contributed by atoms with E-state index in [0.717, 1.165) is 29.7 Å². The molecule has 0 saturated carbocycles. The number of nitrogens with zero attached hydrogens (tertiary/aromatic N) is 4. The highest BCUT2D eigenvalue weighted by molar-refractivity contribution is 6.40. The van der Waals surface area contributed by atoms with Crippen LogP contribution in [0.2, 0.25) is 0 Å². The summed E-state index contributed by atoms with van der Waals surface area (Å²) in [5.41, 5.74) is 6.73. The van der Waals surface area contributed by atoms with Gasteiger partial charge < -0.3 is 15.3 Å². The van der Waals surface area contributed by atoms with Crippen molar-refractivity contribution in [3.05, 3.63) is 42.0 Å². The molecule has 3 rings (SSSR count). The van der Waals surface area contributed by atoms with Crippen molar-refractivity contribution in [2.45, 2.75) is 117 Å². The van der Waals surface area contributed by atoms with E-state index in [9.17, 15) is 19.5 Å². The number of unbranched alkanes of at least 4 members (excludes halogenated alkanes) is 15. The van der Waals surface area contributed by atoms with Gasteiger partial charge in [0.15, 0.2) is 5.75 Å². The van der Waals surface area contributed by atoms with Crippen LogP contribution in [0.25, 0.3) is 16.7 Å². The zero-order valence-corrected chi connectivity index (χ0v) is 27.9. The maximum atomic E-state index is 12.8. The number of fused-ring (bicyclic) bond motifs is 1. The van der Waals surface area contributed by atoms with Crippen molar-refractivity contribution < 1.29 is 19.5 Å². The third-order valence-corrected chi connectivity index (χ3v) is 8.18. The number of hydrogen-bond donors (Lipinski definition) is 4. The number of aromatic nitrogens is 3. The number of urea groups is 1. The topological polar surface area (TPSA) is 141 Å². The number of anilines is 1. The van der Waals surface area contributed by atoms with Crippen LogP contribution in [-0.4, -0.2) is 51.5 Å². The number of benzene rings is 2. The zero-order valence-electron chi connectivity index (χ0n) is 27.9. The molecule has 0 aliphatic rings. The van der Waals surface area contributed by atoms with Gasteiger partial charge in [-0.1, -0.05) is 115 Å². The number of hydrazine groups is 1. The number of carbonyl (C=O) groups is 3. The Balaban J connectivity index is 1.27. The largest absolute Gasteiger partial charge is 0.504 e. The van der Waals surface area contributed by atoms with Gasteiger partial charge in [0.2, 0.25) is 0 Å². The van der Waals surface area contributed by atoms with E-state index in [4.69, 9.17) is 0 Å². The molecule has 0 bridgehead atoms. The normalized spacial score (nSPS) is 11.0. The molecule has 3 aromatic rings. The highest BCUT2D eigenvalue weighted by Crippen LogP contribution is 2.34. The molecule has 0 radical (unpaired) electrons. The molecule has 11 heteroatoms. The summed E-state index contributed by atoms with van der Waals surface area (Å²) in [5.74, 6) is -2.28. The Hall–Kier alpha value is -4.15. The second kappa shape index (κ2) is 20.1. The fourth-order valence-corrected chi connectivity index (χ4v) is 5.46. The molecule has 0 saturated heterocycles. The molecule has 11 nitrogen and oxygen atoms in total. The summed E-state index contributed by atoms with van der Waals surface area (Å²) < 4.78 is 0. The van der Waals surface area contributed by atoms with Crippen molar-refractivity contribution >= 4 is 34.6 Å². The van der Waals surface area contributed by atoms with Gasteiger partial charge in [-0.05, 0) is 43.2 Å². The first-order valence-corrected chi connectivity index (χ1v) is 17.1. The van der Waals surface area contributed by atoms with Gasteiger partial charge in [-0.25, -0.2) is 10.2 Å². The van der Waals surface area contributed by atoms with Crippen molar-refractivity contribution in [3.63, 3.8) is 0 Å². The fraction of sp³-hybridized carbons (Fsp3) is 0.571. The number of rotatable bonds is 19. The van der Waals surface area contributed by atoms with Gasteiger partial charge in [-0.2, -0.15) is 0 Å². The van der Waals surface area contributed by atoms with Crippen LogP contribution in [0.3, 0.4) is 0 Å². The van der Waals surface area contributed by atoms with Crippen LogP contribution in [0.5, 0.6) is 5.75 Å². The standard InChI is InChI=1S/C35H53N7O4/c1-4-5-6-7-8-9-10-11-12-13-14-15-16-17-18-21-24-36-35(46)38-37-33(44)34(45)41(3)30-25-27(2)26-31(32(30)43)42-39-28-22-19-20-23-29(28)40-42/h19-20,22-23,25-26,43H,4-18,21,24H2,1-3H3,(H,37,44)(H2,36,38,46). The highest BCUT2D eigenvalue weighted by Gasteiger charge is 2.25. The van der Waals surface area contributed by atoms with Crippen molar-refractivity contribution in [1.82, 2.24) is 31.2 Å². The number of aromatic hydroxyl groups is 1. The predicted octanol–water partition coefficient (Wildman–Crippen LogP) is 6.99. The predicted molar refractivity (Wildman–Crippen MR) is 183 cm³/mol. The first-order valence-electron chi connectivity index (χ1n) is 17.1. The summed E-state index contributed by atoms with van der Waals surface area (Å²) >= 11 is 0. The Morgan fingerprint density at radius 1 is 0.761 bits per heavy atom. The molecular formula is C35H53N7O4. The molecule has 1 aromatic heterocycles. The summed E-state index contributed by atoms with van der Waals surface area (Å²) in [6, 6.07) is 9.94. The maximum Gasteiger partial charge on any atom is 0.333 e. The monoisotopic (exact) mass is 635 g/mol. The number of aryl methyl sites for hydroxylation is 1. The molecule has 0 fully saturated rings. The van der Waals surface area contributed by atoms with Crippen LogP contribution in [-0.2, 0) is 9.59 Å². The second-order valence-corrected chi connectivity index (χ2v) is 12.1. The Morgan fingerprint density at radius 2 is 1.26 bits per heavy atom. The van der Waals surface area contributed by atoms with Gasteiger partial charge in [-0.3, -0.25) is 15.0 Å². The Bertz CT molecular complexity index is 1360. The summed E-state index contributed by atoms with van der Waals surface area (Å²) in [4.78, 5) is 39.8. The number of phenolic OH excluding ortho intramolecular Hbond substituents is 1. The summed E-state index contributed by atoms with van der Waals surface area (Å²) in [5, 5.41) is 22.5. The molecule has 0 atom stereocenters. The Labute approximate surface area is 273 Å². The minimum Gasteiger partial charge on any atom is -0.504 e. The fourth-order valence-electron chi connectivity index (χ4n) is 5.46. The first-order chi connectivity index (χ1) is 22.3. The van der Waals surface area contributed by atoms with E-state index < -0.39 is 17.8 Å². The van der Waals surface area contributed by atoms with E-state index in [1.807, 2.05) is 12.1 Å². The quantitative estimate of drug-likeness (QED) is 0.0636. The minimum absolute atomic E-state index is 0.101. The lowest BCUT2D eigenvalue weighted by Gasteiger charge is -2.20. The molecule has 4 N–H and O–H groups in total. The van der Waals surface area contributed by atoms with Crippen molar-refractivity contribution in [1.29, 1.82) is 0 Å². The molecule has 2 aromatic carbocycles. The van der Waals surface area contributed by atoms with Gasteiger partial charge in [0.05, 0.1) is 5.69 Å². The number of amides is 4. The van der Waals surface area contributed by atoms with Gasteiger partial charge in [0.1, 0.15) is 16.7 Å². The molecule has 0 aliphatic carbocycles. The minimum atomic E-state index is -1.05. The Morgan fingerprint density at radius 3 is 1.78 bits per heavy atom. The molecule has 46 heavy (non-hydrogen) atoms. The van der Waals surface area contributed by atoms with Crippen LogP contribution in [0.4, 0.5) is 10.5 Å². The van der Waals surface area contributed by atoms with Crippen LogP contribution in [0.15, 0.2) is 36.4 Å². The number of likely N-dealkylation sites (N-methyl/N-ethyl adjacent to an activating group) is 1. The lowest BCUT2D eigenvalue weighted by Crippen LogP contribution is -2.52. The second-order valence-electron chi connectivity index (χ2n) is 12.1. The average Bonchev–Trinajstić information content (AvgIpc) is 3.49. The highest BCUT2D eigenvalue weighted by atomic mass is 16.3. The van der Waals surface area contributed by atoms with Crippen LogP contribution in [0, 0.1) is 6.92 Å². The third kappa shape index (κ3) is 12.0. The third-order valence-electron chi connectivity index (χ3n) is 8.18. The molecule has 252 valence electrons. The zero-order chi connectivity index (χ0) is 33.1. The summed E-state index contributed by atoms with van der Waals surface area (Å²) in [6.45, 7) is 4.53. The van der Waals surface area contributed by atoms with Crippen molar-refractivity contribution in [2.75, 3.05) is 18.5 Å². The van der Waals surface area contributed by atoms with E-state index >= 15 is 0 Å². The van der Waals surface area contributed by atoms with Crippen LogP contribution < -0.4 is 21.1 Å². The first kappa shape index (κ1) is 36.3. The van der Waals surface area contributed by atoms with E-state index in [1.54, 1.807) is 31.2 Å². The molecule has 0 unspecified atom stereocenters. The van der Waals surface area contributed by atoms with E-state index in [2.05, 4.69) is 33.3 Å². The van der Waals surface area contributed by atoms with Crippen molar-refractivity contribution in [3.8, 4) is 11.4 Å². The molecular weight excluding hydrogens is 582 g/mol. The number of nitrogens with one attached hydrogen (secondary N) is 3. The van der Waals surface area contributed by atoms with E-state index in [0.29, 0.717) is 17.6 Å². The van der Waals surface area contributed by atoms with Gasteiger partial charge in [0.25, 0.3) is 0 Å². The molecule has 4 amide bonds.